The van der Waals surface area contributed by atoms with Crippen molar-refractivity contribution < 1.29 is 0 Å². The van der Waals surface area contributed by atoms with E-state index in [4.69, 9.17) is 0 Å². The minimum atomic E-state index is 0.852. The topological polar surface area (TPSA) is 35.2 Å². The molecule has 0 aliphatic carbocycles. The number of hydrogen-bond donors (Lipinski definition) is 1. The van der Waals surface area contributed by atoms with Crippen molar-refractivity contribution in [1.29, 1.82) is 0 Å². The molecule has 1 heterocycles. The molecule has 200 valence electrons. The SMILES string of the molecule is C=c1cccc/c1=C(/C=C\C)N(CCCC)Cc1cc(-c2ccc3nc(N(C)C)[nH]c3c2)ccc1C.CC. The van der Waals surface area contributed by atoms with Gasteiger partial charge in [-0.3, -0.25) is 0 Å². The minimum Gasteiger partial charge on any atom is -0.367 e. The van der Waals surface area contributed by atoms with Crippen molar-refractivity contribution in [2.45, 2.75) is 54.0 Å². The standard InChI is InChI=1S/C32H38N4.C2H6/c1-7-9-19-36(31(12-8-2)28-14-11-10-13-24(28)4)22-27-20-25(16-15-23(27)3)26-17-18-29-30(21-26)34-32(33-29)35(5)6;1-2/h8,10-18,20-21H,4,7,9,19,22H2,1-3,5-6H3,(H,33,34);1-2H3/b12-8-,31-28+;. The molecule has 0 atom stereocenters. The average molecular weight is 509 g/mol. The first kappa shape index (κ1) is 28.8. The van der Waals surface area contributed by atoms with Crippen LogP contribution in [-0.4, -0.2) is 35.5 Å². The summed E-state index contributed by atoms with van der Waals surface area (Å²) < 4.78 is 0. The molecule has 0 aliphatic heterocycles. The number of aryl methyl sites for hydroxylation is 1. The number of anilines is 1. The molecule has 3 aromatic carbocycles. The van der Waals surface area contributed by atoms with Crippen LogP contribution in [0.2, 0.25) is 0 Å². The second-order valence-electron chi connectivity index (χ2n) is 9.65. The molecule has 0 saturated heterocycles. The number of imidazole rings is 1. The third-order valence-corrected chi connectivity index (χ3v) is 6.68. The second kappa shape index (κ2) is 13.7. The molecule has 1 N–H and O–H groups in total. The predicted octanol–water partition coefficient (Wildman–Crippen LogP) is 7.03. The van der Waals surface area contributed by atoms with Gasteiger partial charge in [-0.05, 0) is 72.0 Å². The predicted molar refractivity (Wildman–Crippen MR) is 167 cm³/mol. The summed E-state index contributed by atoms with van der Waals surface area (Å²) in [5.41, 5.74) is 8.33. The van der Waals surface area contributed by atoms with Crippen molar-refractivity contribution in [3.05, 3.63) is 94.4 Å². The van der Waals surface area contributed by atoms with Crippen molar-refractivity contribution >= 4 is 29.3 Å². The Labute approximate surface area is 229 Å². The maximum atomic E-state index is 4.67. The first-order valence-corrected chi connectivity index (χ1v) is 13.8. The van der Waals surface area contributed by atoms with Gasteiger partial charge in [-0.2, -0.15) is 0 Å². The van der Waals surface area contributed by atoms with Gasteiger partial charge in [-0.1, -0.05) is 82.3 Å². The van der Waals surface area contributed by atoms with E-state index in [9.17, 15) is 0 Å². The molecule has 0 bridgehead atoms. The quantitative estimate of drug-likeness (QED) is 0.264. The van der Waals surface area contributed by atoms with Crippen molar-refractivity contribution in [2.75, 3.05) is 25.5 Å². The first-order chi connectivity index (χ1) is 18.4. The Balaban J connectivity index is 0.00000195. The highest BCUT2D eigenvalue weighted by Gasteiger charge is 2.13. The molecule has 0 saturated carbocycles. The fraction of sp³-hybridized carbons (Fsp3) is 0.324. The number of hydrogen-bond acceptors (Lipinski definition) is 3. The first-order valence-electron chi connectivity index (χ1n) is 13.8. The summed E-state index contributed by atoms with van der Waals surface area (Å²) in [6, 6.07) is 21.7. The molecule has 0 aliphatic rings. The molecular formula is C34H44N4. The van der Waals surface area contributed by atoms with Crippen LogP contribution in [0.4, 0.5) is 5.95 Å². The summed E-state index contributed by atoms with van der Waals surface area (Å²) in [7, 11) is 4.00. The number of benzene rings is 3. The fourth-order valence-electron chi connectivity index (χ4n) is 4.54. The Bertz CT molecular complexity index is 1480. The van der Waals surface area contributed by atoms with Gasteiger partial charge in [-0.25, -0.2) is 4.98 Å². The number of fused-ring (bicyclic) bond motifs is 1. The van der Waals surface area contributed by atoms with E-state index in [1.807, 2.05) is 32.8 Å². The lowest BCUT2D eigenvalue weighted by molar-refractivity contribution is 0.380. The molecule has 38 heavy (non-hydrogen) atoms. The largest absolute Gasteiger partial charge is 0.367 e. The molecule has 4 rings (SSSR count). The van der Waals surface area contributed by atoms with Crippen LogP contribution in [0.15, 0.2) is 72.8 Å². The van der Waals surface area contributed by atoms with E-state index in [-0.39, 0.29) is 0 Å². The van der Waals surface area contributed by atoms with Gasteiger partial charge in [0.2, 0.25) is 5.95 Å². The maximum Gasteiger partial charge on any atom is 0.203 e. The Hall–Kier alpha value is -3.79. The normalized spacial score (nSPS) is 11.9. The van der Waals surface area contributed by atoms with Crippen LogP contribution in [-0.2, 0) is 6.54 Å². The summed E-state index contributed by atoms with van der Waals surface area (Å²) in [6.07, 6.45) is 6.66. The molecular weight excluding hydrogens is 464 g/mol. The Morgan fingerprint density at radius 1 is 1.00 bits per heavy atom. The minimum absolute atomic E-state index is 0.852. The van der Waals surface area contributed by atoms with Crippen LogP contribution in [0.1, 0.15) is 51.7 Å². The highest BCUT2D eigenvalue weighted by atomic mass is 15.2. The van der Waals surface area contributed by atoms with Gasteiger partial charge < -0.3 is 14.8 Å². The van der Waals surface area contributed by atoms with Gasteiger partial charge in [0, 0.05) is 38.1 Å². The van der Waals surface area contributed by atoms with Gasteiger partial charge in [0.1, 0.15) is 0 Å². The zero-order chi connectivity index (χ0) is 27.7. The van der Waals surface area contributed by atoms with Gasteiger partial charge in [0.25, 0.3) is 0 Å². The van der Waals surface area contributed by atoms with Gasteiger partial charge >= 0.3 is 0 Å². The van der Waals surface area contributed by atoms with Crippen LogP contribution in [0.5, 0.6) is 0 Å². The van der Waals surface area contributed by atoms with E-state index in [2.05, 4.69) is 115 Å². The van der Waals surface area contributed by atoms with Crippen molar-refractivity contribution in [3.63, 3.8) is 0 Å². The summed E-state index contributed by atoms with van der Waals surface area (Å²) in [4.78, 5) is 12.6. The van der Waals surface area contributed by atoms with E-state index < -0.39 is 0 Å². The zero-order valence-corrected chi connectivity index (χ0v) is 24.3. The molecule has 0 radical (unpaired) electrons. The number of H-pyrrole nitrogens is 1. The lowest BCUT2D eigenvalue weighted by atomic mass is 9.98. The number of nitrogens with zero attached hydrogens (tertiary/aromatic N) is 3. The average Bonchev–Trinajstić information content (AvgIpc) is 3.36. The lowest BCUT2D eigenvalue weighted by Crippen LogP contribution is -2.33. The number of aromatic nitrogens is 2. The molecule has 0 spiro atoms. The summed E-state index contributed by atoms with van der Waals surface area (Å²) in [5.74, 6) is 0.871. The van der Waals surface area contributed by atoms with E-state index in [1.54, 1.807) is 0 Å². The van der Waals surface area contributed by atoms with E-state index >= 15 is 0 Å². The molecule has 0 fully saturated rings. The monoisotopic (exact) mass is 508 g/mol. The molecule has 4 nitrogen and oxygen atoms in total. The van der Waals surface area contributed by atoms with Crippen LogP contribution < -0.4 is 15.3 Å². The van der Waals surface area contributed by atoms with E-state index in [1.165, 1.54) is 33.2 Å². The molecule has 1 aromatic heterocycles. The molecule has 0 amide bonds. The van der Waals surface area contributed by atoms with E-state index in [0.29, 0.717) is 0 Å². The Kier molecular flexibility index (Phi) is 10.3. The summed E-state index contributed by atoms with van der Waals surface area (Å²) in [6.45, 7) is 16.7. The molecule has 4 heteroatoms. The van der Waals surface area contributed by atoms with Crippen LogP contribution in [0.3, 0.4) is 0 Å². The number of unbranched alkanes of at least 4 members (excludes halogenated alkanes) is 1. The number of rotatable bonds is 9. The van der Waals surface area contributed by atoms with Crippen molar-refractivity contribution in [2.24, 2.45) is 0 Å². The van der Waals surface area contributed by atoms with Gasteiger partial charge in [-0.15, -0.1) is 0 Å². The highest BCUT2D eigenvalue weighted by Crippen LogP contribution is 2.28. The van der Waals surface area contributed by atoms with Gasteiger partial charge in [0.15, 0.2) is 0 Å². The Morgan fingerprint density at radius 2 is 1.71 bits per heavy atom. The molecule has 4 aromatic rings. The second-order valence-corrected chi connectivity index (χ2v) is 9.65. The van der Waals surface area contributed by atoms with Crippen LogP contribution in [0.25, 0.3) is 34.4 Å². The number of aromatic amines is 1. The highest BCUT2D eigenvalue weighted by molar-refractivity contribution is 5.83. The van der Waals surface area contributed by atoms with Crippen molar-refractivity contribution in [1.82, 2.24) is 14.9 Å². The third-order valence-electron chi connectivity index (χ3n) is 6.68. The maximum absolute atomic E-state index is 4.67. The zero-order valence-electron chi connectivity index (χ0n) is 24.3. The van der Waals surface area contributed by atoms with Crippen LogP contribution in [0, 0.1) is 6.92 Å². The number of allylic oxidation sites excluding steroid dienone is 1. The smallest absolute Gasteiger partial charge is 0.203 e. The summed E-state index contributed by atoms with van der Waals surface area (Å²) >= 11 is 0. The number of nitrogens with one attached hydrogen (secondary N) is 1. The van der Waals surface area contributed by atoms with Gasteiger partial charge in [0.05, 0.1) is 11.0 Å². The third kappa shape index (κ3) is 6.74. The van der Waals surface area contributed by atoms with Crippen molar-refractivity contribution in [3.8, 4) is 11.1 Å². The molecule has 0 unspecified atom stereocenters. The van der Waals surface area contributed by atoms with Crippen LogP contribution >= 0.6 is 0 Å². The Morgan fingerprint density at radius 3 is 2.39 bits per heavy atom. The lowest BCUT2D eigenvalue weighted by Gasteiger charge is -2.27. The van der Waals surface area contributed by atoms with E-state index in [0.717, 1.165) is 48.1 Å². The summed E-state index contributed by atoms with van der Waals surface area (Å²) in [5, 5.41) is 2.25. The fourth-order valence-corrected chi connectivity index (χ4v) is 4.54.